The van der Waals surface area contributed by atoms with E-state index in [1.54, 1.807) is 0 Å². The zero-order valence-electron chi connectivity index (χ0n) is 20.9. The van der Waals surface area contributed by atoms with Gasteiger partial charge in [-0.1, -0.05) is 26.3 Å². The Kier molecular flexibility index (Phi) is 71.0. The third-order valence-electron chi connectivity index (χ3n) is 1.18. The van der Waals surface area contributed by atoms with Crippen LogP contribution < -0.4 is 138 Å². The molecule has 0 N–H and O–H groups in total. The van der Waals surface area contributed by atoms with Crippen LogP contribution in [0.3, 0.4) is 0 Å². The molecule has 0 saturated carbocycles. The van der Waals surface area contributed by atoms with Crippen LogP contribution >= 0.6 is 66.0 Å². The van der Waals surface area contributed by atoms with E-state index in [0.29, 0.717) is 0 Å². The molecule has 0 aliphatic rings. The summed E-state index contributed by atoms with van der Waals surface area (Å²) in [5.74, 6) is 0. The van der Waals surface area contributed by atoms with Crippen LogP contribution in [-0.2, 0) is 71.9 Å². The molecule has 0 fully saturated rings. The van der Waals surface area contributed by atoms with E-state index in [0.717, 1.165) is 25.0 Å². The minimum Gasteiger partial charge on any atom is -0.563 e. The summed E-state index contributed by atoms with van der Waals surface area (Å²) in [4.78, 5) is 38.4. The van der Waals surface area contributed by atoms with E-state index in [9.17, 15) is 56.1 Å². The van der Waals surface area contributed by atoms with Crippen LogP contribution in [-0.4, -0.2) is 0 Å². The van der Waals surface area contributed by atoms with E-state index in [1.165, 1.54) is 0 Å². The van der Waals surface area contributed by atoms with Crippen LogP contribution in [0.4, 0.5) is 0 Å². The zero-order chi connectivity index (χ0) is 29.1. The second kappa shape index (κ2) is 46.1. The van der Waals surface area contributed by atoms with Crippen molar-refractivity contribution in [3.05, 3.63) is 51.4 Å². The van der Waals surface area contributed by atoms with Crippen LogP contribution in [0.25, 0.3) is 0 Å². The standard InChI is InChI=1S/4C2H3O5P2.4Na/c4*1-2-6-9(5)7-8(3)4;;;;/h4*2H,1H2;;;;/q8*+1. The number of hydrogen-bond acceptors (Lipinski definition) is 20. The van der Waals surface area contributed by atoms with Gasteiger partial charge in [0.25, 0.3) is 0 Å². The minimum absolute atomic E-state index is 0. The zero-order valence-corrected chi connectivity index (χ0v) is 36.0. The second-order valence-corrected chi connectivity index (χ2v) is 10.2. The van der Waals surface area contributed by atoms with Crippen LogP contribution in [0.15, 0.2) is 51.4 Å². The Labute approximate surface area is 322 Å². The molecule has 40 heavy (non-hydrogen) atoms. The van der Waals surface area contributed by atoms with Crippen molar-refractivity contribution in [2.24, 2.45) is 0 Å². The predicted molar refractivity (Wildman–Crippen MR) is 110 cm³/mol. The Morgan fingerprint density at radius 1 is 0.375 bits per heavy atom. The molecular weight excluding hydrogens is 756 g/mol. The van der Waals surface area contributed by atoms with Crippen molar-refractivity contribution in [1.29, 1.82) is 0 Å². The van der Waals surface area contributed by atoms with Gasteiger partial charge >= 0.3 is 184 Å². The minimum atomic E-state index is -3.11. The van der Waals surface area contributed by atoms with E-state index < -0.39 is 66.0 Å². The quantitative estimate of drug-likeness (QED) is 0.0800. The van der Waals surface area contributed by atoms with Crippen molar-refractivity contribution in [3.63, 3.8) is 0 Å². The van der Waals surface area contributed by atoms with Gasteiger partial charge in [-0.2, -0.15) is 0 Å². The molecule has 0 rings (SSSR count). The number of rotatable bonds is 16. The Balaban J connectivity index is -0.0000000551. The molecule has 8 unspecified atom stereocenters. The first-order chi connectivity index (χ1) is 16.7. The summed E-state index contributed by atoms with van der Waals surface area (Å²) in [5, 5.41) is 0. The van der Waals surface area contributed by atoms with Crippen molar-refractivity contribution in [2.45, 2.75) is 0 Å². The van der Waals surface area contributed by atoms with Gasteiger partial charge in [0.15, 0.2) is 0 Å². The first-order valence-corrected chi connectivity index (χ1v) is 15.7. The molecule has 200 valence electrons. The smallest absolute Gasteiger partial charge is 0.563 e. The third kappa shape index (κ3) is 68.0. The fourth-order valence-electron chi connectivity index (χ4n) is 0.538. The summed E-state index contributed by atoms with van der Waals surface area (Å²) in [6.45, 7) is 12.1. The van der Waals surface area contributed by atoms with Crippen molar-refractivity contribution in [3.8, 4) is 0 Å². The molecule has 0 spiro atoms. The molecule has 0 aromatic heterocycles. The molecule has 32 heteroatoms. The van der Waals surface area contributed by atoms with Gasteiger partial charge in [-0.15, -0.1) is 0 Å². The first kappa shape index (κ1) is 61.6. The van der Waals surface area contributed by atoms with Crippen molar-refractivity contribution in [1.82, 2.24) is 0 Å². The van der Waals surface area contributed by atoms with Crippen molar-refractivity contribution >= 4 is 66.0 Å². The van der Waals surface area contributed by atoms with Crippen LogP contribution in [0.5, 0.6) is 0 Å². The van der Waals surface area contributed by atoms with Crippen LogP contribution in [0, 0.1) is 0 Å². The van der Waals surface area contributed by atoms with Gasteiger partial charge in [0, 0.05) is 18.3 Å². The third-order valence-corrected chi connectivity index (χ3v) is 6.73. The van der Waals surface area contributed by atoms with Gasteiger partial charge in [-0.05, 0) is 18.3 Å². The Morgan fingerprint density at radius 3 is 0.575 bits per heavy atom. The maximum atomic E-state index is 10.1. The monoisotopic (exact) mass is 768 g/mol. The molecule has 0 aliphatic heterocycles. The fraction of sp³-hybridized carbons (Fsp3) is 0. The molecule has 0 heterocycles. The van der Waals surface area contributed by atoms with Gasteiger partial charge in [0.05, 0.1) is 0 Å². The van der Waals surface area contributed by atoms with E-state index in [2.05, 4.69) is 61.7 Å². The summed E-state index contributed by atoms with van der Waals surface area (Å²) in [7, 11) is -22.8. The summed E-state index contributed by atoms with van der Waals surface area (Å²) >= 11 is 0. The molecule has 8 atom stereocenters. The fourth-order valence-corrected chi connectivity index (χ4v) is 3.38. The maximum Gasteiger partial charge on any atom is 1.00 e. The average Bonchev–Trinajstić information content (AvgIpc) is 2.68. The summed E-state index contributed by atoms with van der Waals surface area (Å²) in [6.07, 6.45) is 3.32. The Bertz CT molecular complexity index is 722. The van der Waals surface area contributed by atoms with Gasteiger partial charge in [0.1, 0.15) is 42.3 Å². The van der Waals surface area contributed by atoms with Crippen molar-refractivity contribution < 1.29 is 210 Å². The largest absolute Gasteiger partial charge is 1.00 e. The van der Waals surface area contributed by atoms with Crippen molar-refractivity contribution in [2.75, 3.05) is 0 Å². The van der Waals surface area contributed by atoms with E-state index in [-0.39, 0.29) is 118 Å². The molecule has 20 nitrogen and oxygen atoms in total. The second-order valence-electron chi connectivity index (χ2n) is 3.20. The van der Waals surface area contributed by atoms with Gasteiger partial charge < -0.3 is 19.6 Å². The maximum absolute atomic E-state index is 10.1. The molecule has 0 bridgehead atoms. The molecule has 0 amide bonds. The topological polar surface area (TPSA) is 303 Å². The Hall–Kier alpha value is 2.64. The molecule has 0 aromatic carbocycles. The van der Waals surface area contributed by atoms with E-state index >= 15 is 0 Å². The van der Waals surface area contributed by atoms with Gasteiger partial charge in [-0.3, -0.25) is 0 Å². The molecule has 0 radical (unpaired) electrons. The van der Waals surface area contributed by atoms with Gasteiger partial charge in [0.2, 0.25) is 0 Å². The van der Waals surface area contributed by atoms with E-state index in [1.807, 2.05) is 0 Å². The Morgan fingerprint density at radius 2 is 0.500 bits per heavy atom. The van der Waals surface area contributed by atoms with Crippen LogP contribution in [0.2, 0.25) is 0 Å². The van der Waals surface area contributed by atoms with Gasteiger partial charge in [-0.25, -0.2) is 18.1 Å². The van der Waals surface area contributed by atoms with Crippen LogP contribution in [0.1, 0.15) is 0 Å². The number of hydrogen-bond donors (Lipinski definition) is 0. The predicted octanol–water partition coefficient (Wildman–Crippen LogP) is -8.63. The molecule has 0 aliphatic carbocycles. The average molecular weight is 768 g/mol. The summed E-state index contributed by atoms with van der Waals surface area (Å²) < 4.78 is 110. The molecule has 0 saturated heterocycles. The molecule has 0 aromatic rings. The molecular formula is C8H12Na4O20P8+8. The summed E-state index contributed by atoms with van der Waals surface area (Å²) in [6, 6.07) is 0. The van der Waals surface area contributed by atoms with E-state index in [4.69, 9.17) is 0 Å². The first-order valence-electron chi connectivity index (χ1n) is 6.96. The normalized spacial score (nSPS) is 10.9. The SMILES string of the molecule is C=CO[P+](=O)O[P+](=O)[O-].C=CO[P+](=O)O[P+](=O)[O-].C=CO[P+](=O)O[P+](=O)[O-].C=CO[P+](=O)O[P+](=O)[O-].[Na+].[Na+].[Na+].[Na+]. The summed E-state index contributed by atoms with van der Waals surface area (Å²) in [5.41, 5.74) is 0.